The molecule has 0 aliphatic carbocycles. The van der Waals surface area contributed by atoms with Crippen LogP contribution in [-0.4, -0.2) is 29.0 Å². The maximum absolute atomic E-state index is 12.3. The van der Waals surface area contributed by atoms with Gasteiger partial charge >= 0.3 is 12.3 Å². The van der Waals surface area contributed by atoms with E-state index in [1.807, 2.05) is 18.2 Å². The first-order chi connectivity index (χ1) is 15.8. The number of hydrogen-bond donors (Lipinski definition) is 1. The van der Waals surface area contributed by atoms with E-state index in [-0.39, 0.29) is 24.0 Å². The molecule has 1 aromatic heterocycles. The number of aromatic nitrogens is 1. The minimum Gasteiger partial charge on any atom is -0.487 e. The number of halogens is 3. The van der Waals surface area contributed by atoms with Crippen LogP contribution in [0.1, 0.15) is 40.4 Å². The molecule has 2 heterocycles. The van der Waals surface area contributed by atoms with Crippen LogP contribution in [0.25, 0.3) is 0 Å². The van der Waals surface area contributed by atoms with Crippen molar-refractivity contribution in [1.29, 1.82) is 0 Å². The highest BCUT2D eigenvalue weighted by Gasteiger charge is 2.31. The topological polar surface area (TPSA) is 71.9 Å². The summed E-state index contributed by atoms with van der Waals surface area (Å²) in [5.74, 6) is -0.706. The van der Waals surface area contributed by atoms with Gasteiger partial charge in [-0.3, -0.25) is 4.98 Å². The molecule has 1 fully saturated rings. The van der Waals surface area contributed by atoms with E-state index in [1.54, 1.807) is 24.5 Å². The molecule has 1 aliphatic heterocycles. The lowest BCUT2D eigenvalue weighted by atomic mass is 10.0. The van der Waals surface area contributed by atoms with Crippen molar-refractivity contribution in [3.05, 3.63) is 83.7 Å². The first-order valence-electron chi connectivity index (χ1n) is 10.3. The number of aromatic carboxylic acids is 1. The third-order valence-corrected chi connectivity index (χ3v) is 5.39. The molecule has 0 radical (unpaired) electrons. The smallest absolute Gasteiger partial charge is 0.487 e. The number of nitrogens with zero attached hydrogens (tertiary/aromatic N) is 2. The minimum atomic E-state index is -4.73. The first kappa shape index (κ1) is 22.4. The highest BCUT2D eigenvalue weighted by Crippen LogP contribution is 2.37. The van der Waals surface area contributed by atoms with Gasteiger partial charge in [0.2, 0.25) is 0 Å². The molecule has 4 rings (SSSR count). The van der Waals surface area contributed by atoms with Crippen molar-refractivity contribution in [3.8, 4) is 11.5 Å². The molecule has 0 spiro atoms. The van der Waals surface area contributed by atoms with Crippen LogP contribution < -0.4 is 14.4 Å². The fourth-order valence-electron chi connectivity index (χ4n) is 3.87. The van der Waals surface area contributed by atoms with E-state index in [2.05, 4.69) is 14.6 Å². The van der Waals surface area contributed by atoms with Crippen molar-refractivity contribution in [2.24, 2.45) is 0 Å². The fourth-order valence-corrected chi connectivity index (χ4v) is 3.87. The molecule has 33 heavy (non-hydrogen) atoms. The van der Waals surface area contributed by atoms with Crippen molar-refractivity contribution in [2.75, 3.05) is 11.4 Å². The lowest BCUT2D eigenvalue weighted by Crippen LogP contribution is -2.22. The molecular formula is C24H21F3N2O4. The average molecular weight is 458 g/mol. The molecule has 1 atom stereocenters. The number of alkyl halides is 3. The van der Waals surface area contributed by atoms with Gasteiger partial charge in [0.05, 0.1) is 29.7 Å². The Balaban J connectivity index is 1.42. The van der Waals surface area contributed by atoms with Crippen LogP contribution in [0.4, 0.5) is 18.9 Å². The van der Waals surface area contributed by atoms with Crippen molar-refractivity contribution in [2.45, 2.75) is 31.9 Å². The van der Waals surface area contributed by atoms with E-state index < -0.39 is 12.3 Å². The van der Waals surface area contributed by atoms with Crippen LogP contribution in [0.15, 0.2) is 67.0 Å². The van der Waals surface area contributed by atoms with Crippen molar-refractivity contribution in [3.63, 3.8) is 0 Å². The summed E-state index contributed by atoms with van der Waals surface area (Å²) in [5.41, 5.74) is 2.85. The summed E-state index contributed by atoms with van der Waals surface area (Å²) < 4.78 is 46.5. The second-order valence-electron chi connectivity index (χ2n) is 7.64. The third-order valence-electron chi connectivity index (χ3n) is 5.39. The zero-order chi connectivity index (χ0) is 23.4. The standard InChI is InChI=1S/C24H21F3N2O4/c25-24(26,27)33-20-9-3-16(4-10-20)15-32-21-12-19(13-28-14-21)29-11-1-2-22(29)17-5-7-18(8-6-17)23(30)31/h3-10,12-14,22H,1-2,11,15H2,(H,30,31). The van der Waals surface area contributed by atoms with Crippen LogP contribution in [0.5, 0.6) is 11.5 Å². The van der Waals surface area contributed by atoms with Crippen LogP contribution >= 0.6 is 0 Å². The van der Waals surface area contributed by atoms with E-state index in [1.165, 1.54) is 24.3 Å². The van der Waals surface area contributed by atoms with Crippen LogP contribution in [-0.2, 0) is 6.61 Å². The molecule has 6 nitrogen and oxygen atoms in total. The summed E-state index contributed by atoms with van der Waals surface area (Å²) in [5, 5.41) is 9.11. The predicted octanol–water partition coefficient (Wildman–Crippen LogP) is 5.60. The van der Waals surface area contributed by atoms with E-state index in [0.29, 0.717) is 11.3 Å². The molecule has 0 amide bonds. The molecule has 1 saturated heterocycles. The number of carbonyl (C=O) groups is 1. The summed E-state index contributed by atoms with van der Waals surface area (Å²) in [4.78, 5) is 17.6. The Bertz CT molecular complexity index is 1100. The highest BCUT2D eigenvalue weighted by molar-refractivity contribution is 5.87. The van der Waals surface area contributed by atoms with Gasteiger partial charge in [-0.05, 0) is 48.2 Å². The Kier molecular flexibility index (Phi) is 6.39. The van der Waals surface area contributed by atoms with Gasteiger partial charge in [0.1, 0.15) is 18.1 Å². The molecule has 3 aromatic rings. The van der Waals surface area contributed by atoms with Crippen molar-refractivity contribution < 1.29 is 32.5 Å². The van der Waals surface area contributed by atoms with Crippen molar-refractivity contribution in [1.82, 2.24) is 4.98 Å². The largest absolute Gasteiger partial charge is 0.573 e. The number of anilines is 1. The summed E-state index contributed by atoms with van der Waals surface area (Å²) >= 11 is 0. The van der Waals surface area contributed by atoms with Gasteiger partial charge in [-0.25, -0.2) is 4.79 Å². The maximum atomic E-state index is 12.3. The zero-order valence-electron chi connectivity index (χ0n) is 17.5. The van der Waals surface area contributed by atoms with E-state index in [4.69, 9.17) is 9.84 Å². The fraction of sp³-hybridized carbons (Fsp3) is 0.250. The SMILES string of the molecule is O=C(O)c1ccc(C2CCCN2c2cncc(OCc3ccc(OC(F)(F)F)cc3)c2)cc1. The average Bonchev–Trinajstić information content (AvgIpc) is 3.28. The molecule has 1 unspecified atom stereocenters. The molecule has 0 bridgehead atoms. The molecule has 1 aliphatic rings. The van der Waals surface area contributed by atoms with Gasteiger partial charge in [-0.2, -0.15) is 0 Å². The minimum absolute atomic E-state index is 0.103. The molecule has 9 heteroatoms. The van der Waals surface area contributed by atoms with Gasteiger partial charge in [0.15, 0.2) is 0 Å². The summed E-state index contributed by atoms with van der Waals surface area (Å²) in [6.45, 7) is 0.995. The van der Waals surface area contributed by atoms with Gasteiger partial charge in [-0.15, -0.1) is 13.2 Å². The van der Waals surface area contributed by atoms with Gasteiger partial charge in [-0.1, -0.05) is 24.3 Å². The summed E-state index contributed by atoms with van der Waals surface area (Å²) in [7, 11) is 0. The number of ether oxygens (including phenoxy) is 2. The summed E-state index contributed by atoms with van der Waals surface area (Å²) in [6.07, 6.45) is 0.528. The number of pyridine rings is 1. The zero-order valence-corrected chi connectivity index (χ0v) is 17.5. The van der Waals surface area contributed by atoms with E-state index >= 15 is 0 Å². The van der Waals surface area contributed by atoms with E-state index in [9.17, 15) is 18.0 Å². The number of hydrogen-bond acceptors (Lipinski definition) is 5. The predicted molar refractivity (Wildman–Crippen MR) is 114 cm³/mol. The molecule has 2 aromatic carbocycles. The number of carboxylic acid groups (broad SMARTS) is 1. The Morgan fingerprint density at radius 1 is 1.06 bits per heavy atom. The lowest BCUT2D eigenvalue weighted by molar-refractivity contribution is -0.274. The number of rotatable bonds is 7. The van der Waals surface area contributed by atoms with Crippen molar-refractivity contribution >= 4 is 11.7 Å². The van der Waals surface area contributed by atoms with Crippen LogP contribution in [0.2, 0.25) is 0 Å². The molecular weight excluding hydrogens is 437 g/mol. The Labute approximate surface area is 188 Å². The third kappa shape index (κ3) is 5.74. The first-order valence-corrected chi connectivity index (χ1v) is 10.3. The monoisotopic (exact) mass is 458 g/mol. The summed E-state index contributed by atoms with van der Waals surface area (Å²) in [6, 6.07) is 14.4. The lowest BCUT2D eigenvalue weighted by Gasteiger charge is -2.27. The highest BCUT2D eigenvalue weighted by atomic mass is 19.4. The maximum Gasteiger partial charge on any atom is 0.573 e. The molecule has 172 valence electrons. The Morgan fingerprint density at radius 2 is 1.79 bits per heavy atom. The second kappa shape index (κ2) is 9.40. The van der Waals surface area contributed by atoms with E-state index in [0.717, 1.165) is 30.6 Å². The molecule has 0 saturated carbocycles. The second-order valence-corrected chi connectivity index (χ2v) is 7.64. The molecule has 1 N–H and O–H groups in total. The number of benzene rings is 2. The normalized spacial score (nSPS) is 16.0. The van der Waals surface area contributed by atoms with Crippen LogP contribution in [0, 0.1) is 0 Å². The van der Waals surface area contributed by atoms with Crippen LogP contribution in [0.3, 0.4) is 0 Å². The number of carboxylic acids is 1. The van der Waals surface area contributed by atoms with Gasteiger partial charge < -0.3 is 19.5 Å². The van der Waals surface area contributed by atoms with Gasteiger partial charge in [0, 0.05) is 12.6 Å². The Morgan fingerprint density at radius 3 is 2.45 bits per heavy atom. The quantitative estimate of drug-likeness (QED) is 0.497. The Hall–Kier alpha value is -3.75. The van der Waals surface area contributed by atoms with Gasteiger partial charge in [0.25, 0.3) is 0 Å².